The van der Waals surface area contributed by atoms with Crippen LogP contribution in [0.2, 0.25) is 5.02 Å². The average molecular weight is 278 g/mol. The number of hydrogen-bond donors (Lipinski definition) is 1. The molecule has 5 heteroatoms. The summed E-state index contributed by atoms with van der Waals surface area (Å²) in [6.45, 7) is 3.20. The lowest BCUT2D eigenvalue weighted by molar-refractivity contribution is 0.188. The molecule has 0 aliphatic carbocycles. The van der Waals surface area contributed by atoms with Gasteiger partial charge in [-0.3, -0.25) is 0 Å². The summed E-state index contributed by atoms with van der Waals surface area (Å²) >= 11 is 5.54. The van der Waals surface area contributed by atoms with Gasteiger partial charge in [0.15, 0.2) is 0 Å². The summed E-state index contributed by atoms with van der Waals surface area (Å²) in [5, 5.41) is 2.95. The topological polar surface area (TPSA) is 21.3 Å². The van der Waals surface area contributed by atoms with Crippen molar-refractivity contribution in [3.8, 4) is 0 Å². The third kappa shape index (κ3) is 4.19. The van der Waals surface area contributed by atoms with Crippen LogP contribution < -0.4 is 5.32 Å². The van der Waals surface area contributed by atoms with Gasteiger partial charge >= 0.3 is 0 Å². The van der Waals surface area contributed by atoms with Crippen LogP contribution in [0, 0.1) is 11.6 Å². The fraction of sp³-hybridized carbons (Fsp3) is 0.538. The summed E-state index contributed by atoms with van der Waals surface area (Å²) in [4.78, 5) is 0. The molecule has 1 rings (SSSR count). The molecule has 0 bridgehead atoms. The highest BCUT2D eigenvalue weighted by atomic mass is 35.5. The summed E-state index contributed by atoms with van der Waals surface area (Å²) < 4.78 is 32.2. The molecule has 0 radical (unpaired) electrons. The number of benzene rings is 1. The number of rotatable bonds is 7. The molecular weight excluding hydrogens is 260 g/mol. The van der Waals surface area contributed by atoms with Crippen molar-refractivity contribution in [3.05, 3.63) is 34.4 Å². The molecule has 102 valence electrons. The summed E-state index contributed by atoms with van der Waals surface area (Å²) in [5.41, 5.74) is 0.315. The second-order valence-electron chi connectivity index (χ2n) is 4.03. The van der Waals surface area contributed by atoms with Gasteiger partial charge in [-0.15, -0.1) is 0 Å². The number of hydrogen-bond acceptors (Lipinski definition) is 2. The molecule has 18 heavy (non-hydrogen) atoms. The molecule has 0 amide bonds. The van der Waals surface area contributed by atoms with E-state index >= 15 is 0 Å². The largest absolute Gasteiger partial charge is 0.385 e. The average Bonchev–Trinajstić information content (AvgIpc) is 2.33. The zero-order chi connectivity index (χ0) is 13.5. The van der Waals surface area contributed by atoms with Crippen molar-refractivity contribution in [3.63, 3.8) is 0 Å². The summed E-state index contributed by atoms with van der Waals surface area (Å²) in [5.74, 6) is -1.08. The highest BCUT2D eigenvalue weighted by Gasteiger charge is 2.17. The fourth-order valence-electron chi connectivity index (χ4n) is 1.85. The first kappa shape index (κ1) is 15.3. The minimum atomic E-state index is -0.595. The predicted molar refractivity (Wildman–Crippen MR) is 68.9 cm³/mol. The first-order valence-electron chi connectivity index (χ1n) is 5.96. The molecule has 0 saturated heterocycles. The van der Waals surface area contributed by atoms with Crippen LogP contribution in [0.15, 0.2) is 12.1 Å². The van der Waals surface area contributed by atoms with Crippen molar-refractivity contribution in [2.24, 2.45) is 0 Å². The fourth-order valence-corrected chi connectivity index (χ4v) is 2.00. The second-order valence-corrected chi connectivity index (χ2v) is 4.44. The Morgan fingerprint density at radius 2 is 2.06 bits per heavy atom. The lowest BCUT2D eigenvalue weighted by Crippen LogP contribution is -2.22. The Hall–Kier alpha value is -0.710. The minimum absolute atomic E-state index is 0.191. The van der Waals surface area contributed by atoms with Crippen LogP contribution >= 0.6 is 11.6 Å². The van der Waals surface area contributed by atoms with Crippen LogP contribution in [-0.4, -0.2) is 20.3 Å². The van der Waals surface area contributed by atoms with Crippen molar-refractivity contribution >= 4 is 11.6 Å². The van der Waals surface area contributed by atoms with E-state index in [1.165, 1.54) is 0 Å². The van der Waals surface area contributed by atoms with E-state index in [4.69, 9.17) is 16.3 Å². The number of ether oxygens (including phenoxy) is 1. The number of halogens is 3. The first-order chi connectivity index (χ1) is 8.60. The molecule has 1 atom stereocenters. The van der Waals surface area contributed by atoms with E-state index in [0.717, 1.165) is 18.6 Å². The van der Waals surface area contributed by atoms with Crippen molar-refractivity contribution < 1.29 is 13.5 Å². The number of nitrogens with one attached hydrogen (secondary N) is 1. The van der Waals surface area contributed by atoms with Crippen LogP contribution in [-0.2, 0) is 4.74 Å². The van der Waals surface area contributed by atoms with Gasteiger partial charge in [-0.1, -0.05) is 18.5 Å². The van der Waals surface area contributed by atoms with Gasteiger partial charge < -0.3 is 10.1 Å². The van der Waals surface area contributed by atoms with Crippen LogP contribution in [0.4, 0.5) is 8.78 Å². The summed E-state index contributed by atoms with van der Waals surface area (Å²) in [6, 6.07) is 1.96. The van der Waals surface area contributed by atoms with Crippen LogP contribution in [0.3, 0.4) is 0 Å². The Labute approximate surface area is 111 Å². The monoisotopic (exact) mass is 277 g/mol. The molecule has 1 aromatic carbocycles. The molecule has 1 aromatic rings. The Balaban J connectivity index is 2.87. The van der Waals surface area contributed by atoms with E-state index in [2.05, 4.69) is 5.32 Å². The molecule has 0 aliphatic rings. The van der Waals surface area contributed by atoms with E-state index in [-0.39, 0.29) is 11.1 Å². The third-order valence-electron chi connectivity index (χ3n) is 2.71. The zero-order valence-corrected chi connectivity index (χ0v) is 11.4. The van der Waals surface area contributed by atoms with Gasteiger partial charge in [-0.05, 0) is 31.5 Å². The van der Waals surface area contributed by atoms with Gasteiger partial charge in [0.25, 0.3) is 0 Å². The quantitative estimate of drug-likeness (QED) is 0.606. The van der Waals surface area contributed by atoms with E-state index in [9.17, 15) is 8.78 Å². The Morgan fingerprint density at radius 1 is 1.33 bits per heavy atom. The van der Waals surface area contributed by atoms with Gasteiger partial charge in [0, 0.05) is 25.3 Å². The third-order valence-corrected chi connectivity index (χ3v) is 3.00. The molecule has 0 heterocycles. The van der Waals surface area contributed by atoms with Gasteiger partial charge in [0.2, 0.25) is 0 Å². The van der Waals surface area contributed by atoms with Crippen molar-refractivity contribution in [2.45, 2.75) is 25.8 Å². The van der Waals surface area contributed by atoms with Gasteiger partial charge in [0.1, 0.15) is 11.6 Å². The first-order valence-corrected chi connectivity index (χ1v) is 6.34. The van der Waals surface area contributed by atoms with Crippen molar-refractivity contribution in [1.29, 1.82) is 0 Å². The highest BCUT2D eigenvalue weighted by molar-refractivity contribution is 6.30. The molecule has 0 aromatic heterocycles. The molecule has 1 unspecified atom stereocenters. The van der Waals surface area contributed by atoms with E-state index in [0.29, 0.717) is 25.1 Å². The SMILES string of the molecule is CCNC(CCCOC)c1cc(F)c(Cl)cc1F. The molecule has 0 aliphatic heterocycles. The van der Waals surface area contributed by atoms with Crippen molar-refractivity contribution in [1.82, 2.24) is 5.32 Å². The molecule has 0 saturated carbocycles. The molecule has 0 fully saturated rings. The molecule has 0 spiro atoms. The van der Waals surface area contributed by atoms with Crippen molar-refractivity contribution in [2.75, 3.05) is 20.3 Å². The van der Waals surface area contributed by atoms with Gasteiger partial charge in [-0.25, -0.2) is 8.78 Å². The maximum absolute atomic E-state index is 13.8. The van der Waals surface area contributed by atoms with E-state index in [1.807, 2.05) is 6.92 Å². The zero-order valence-electron chi connectivity index (χ0n) is 10.6. The highest BCUT2D eigenvalue weighted by Crippen LogP contribution is 2.26. The van der Waals surface area contributed by atoms with E-state index in [1.54, 1.807) is 7.11 Å². The van der Waals surface area contributed by atoms with Crippen LogP contribution in [0.25, 0.3) is 0 Å². The molecular formula is C13H18ClF2NO. The Bertz CT molecular complexity index is 387. The standard InChI is InChI=1S/C13H18ClF2NO/c1-3-17-13(5-4-6-18-2)9-7-12(16)10(14)8-11(9)15/h7-8,13,17H,3-6H2,1-2H3. The Morgan fingerprint density at radius 3 is 2.67 bits per heavy atom. The smallest absolute Gasteiger partial charge is 0.142 e. The lowest BCUT2D eigenvalue weighted by Gasteiger charge is -2.19. The van der Waals surface area contributed by atoms with E-state index < -0.39 is 11.6 Å². The molecule has 1 N–H and O–H groups in total. The van der Waals surface area contributed by atoms with Gasteiger partial charge in [-0.2, -0.15) is 0 Å². The molecule has 2 nitrogen and oxygen atoms in total. The summed E-state index contributed by atoms with van der Waals surface area (Å²) in [7, 11) is 1.62. The normalized spacial score (nSPS) is 12.7. The lowest BCUT2D eigenvalue weighted by atomic mass is 10.0. The van der Waals surface area contributed by atoms with Gasteiger partial charge in [0.05, 0.1) is 5.02 Å². The second kappa shape index (κ2) is 7.67. The maximum atomic E-state index is 13.8. The number of methoxy groups -OCH3 is 1. The van der Waals surface area contributed by atoms with Crippen LogP contribution in [0.5, 0.6) is 0 Å². The maximum Gasteiger partial charge on any atom is 0.142 e. The minimum Gasteiger partial charge on any atom is -0.385 e. The summed E-state index contributed by atoms with van der Waals surface area (Å²) in [6.07, 6.45) is 1.46. The van der Waals surface area contributed by atoms with Crippen LogP contribution in [0.1, 0.15) is 31.4 Å². The predicted octanol–water partition coefficient (Wildman–Crippen LogP) is 3.70. The Kier molecular flexibility index (Phi) is 6.54.